The summed E-state index contributed by atoms with van der Waals surface area (Å²) in [6.45, 7) is 5.65. The first kappa shape index (κ1) is 16.9. The second-order valence-electron chi connectivity index (χ2n) is 6.79. The van der Waals surface area contributed by atoms with E-state index in [9.17, 15) is 14.0 Å². The number of amides is 2. The molecular formula is C18H24FN3O2. The first-order chi connectivity index (χ1) is 11.5. The molecule has 2 aliphatic rings. The van der Waals surface area contributed by atoms with Gasteiger partial charge in [-0.1, -0.05) is 19.1 Å². The molecule has 5 nitrogen and oxygen atoms in total. The molecule has 0 aromatic heterocycles. The van der Waals surface area contributed by atoms with Crippen LogP contribution in [0.5, 0.6) is 0 Å². The van der Waals surface area contributed by atoms with Gasteiger partial charge in [-0.15, -0.1) is 0 Å². The van der Waals surface area contributed by atoms with E-state index in [1.807, 2.05) is 12.1 Å². The van der Waals surface area contributed by atoms with Crippen LogP contribution in [0.25, 0.3) is 0 Å². The zero-order valence-electron chi connectivity index (χ0n) is 14.0. The lowest BCUT2D eigenvalue weighted by atomic mass is 10.0. The number of piperazine rings is 1. The number of hydrogen-bond acceptors (Lipinski definition) is 3. The molecule has 1 atom stereocenters. The van der Waals surface area contributed by atoms with Crippen LogP contribution in [0.2, 0.25) is 0 Å². The Morgan fingerprint density at radius 2 is 1.79 bits per heavy atom. The summed E-state index contributed by atoms with van der Waals surface area (Å²) in [5.41, 5.74) is 1.11. The molecule has 1 saturated carbocycles. The zero-order chi connectivity index (χ0) is 17.1. The van der Waals surface area contributed by atoms with Crippen molar-refractivity contribution in [2.75, 3.05) is 32.7 Å². The van der Waals surface area contributed by atoms with E-state index in [1.54, 1.807) is 4.90 Å². The third kappa shape index (κ3) is 4.32. The SMILES string of the molecule is C[C@@H](CN1CCN(C(=O)C(=O)NC2CC2)CC1)c1ccc(F)cc1. The van der Waals surface area contributed by atoms with E-state index >= 15 is 0 Å². The van der Waals surface area contributed by atoms with Crippen LogP contribution in [0, 0.1) is 5.82 Å². The Balaban J connectivity index is 1.45. The highest BCUT2D eigenvalue weighted by Gasteiger charge is 2.30. The van der Waals surface area contributed by atoms with Crippen molar-refractivity contribution in [1.29, 1.82) is 0 Å². The maximum absolute atomic E-state index is 13.0. The Bertz CT molecular complexity index is 593. The Morgan fingerprint density at radius 3 is 2.38 bits per heavy atom. The largest absolute Gasteiger partial charge is 0.345 e. The van der Waals surface area contributed by atoms with Crippen LogP contribution < -0.4 is 5.32 Å². The van der Waals surface area contributed by atoms with Gasteiger partial charge in [0.15, 0.2) is 0 Å². The van der Waals surface area contributed by atoms with Crippen LogP contribution in [-0.4, -0.2) is 60.4 Å². The molecular weight excluding hydrogens is 309 g/mol. The molecule has 6 heteroatoms. The molecule has 0 radical (unpaired) electrons. The molecule has 1 aliphatic carbocycles. The van der Waals surface area contributed by atoms with Crippen molar-refractivity contribution >= 4 is 11.8 Å². The minimum Gasteiger partial charge on any atom is -0.345 e. The number of carbonyl (C=O) groups excluding carboxylic acids is 2. The summed E-state index contributed by atoms with van der Waals surface area (Å²) in [7, 11) is 0. The van der Waals surface area contributed by atoms with Crippen molar-refractivity contribution in [3.05, 3.63) is 35.6 Å². The van der Waals surface area contributed by atoms with Crippen LogP contribution in [0.3, 0.4) is 0 Å². The molecule has 1 aliphatic heterocycles. The smallest absolute Gasteiger partial charge is 0.311 e. The fourth-order valence-corrected chi connectivity index (χ4v) is 3.04. The Kier molecular flexibility index (Phi) is 5.14. The summed E-state index contributed by atoms with van der Waals surface area (Å²) >= 11 is 0. The van der Waals surface area contributed by atoms with Crippen molar-refractivity contribution in [2.24, 2.45) is 0 Å². The summed E-state index contributed by atoms with van der Waals surface area (Å²) in [5, 5.41) is 2.75. The quantitative estimate of drug-likeness (QED) is 0.847. The van der Waals surface area contributed by atoms with E-state index in [0.717, 1.165) is 38.0 Å². The summed E-state index contributed by atoms with van der Waals surface area (Å²) in [4.78, 5) is 27.8. The molecule has 2 fully saturated rings. The molecule has 1 aromatic carbocycles. The Hall–Kier alpha value is -1.95. The lowest BCUT2D eigenvalue weighted by Crippen LogP contribution is -2.53. The average molecular weight is 333 g/mol. The highest BCUT2D eigenvalue weighted by molar-refractivity contribution is 6.35. The molecule has 0 unspecified atom stereocenters. The van der Waals surface area contributed by atoms with E-state index < -0.39 is 11.8 Å². The van der Waals surface area contributed by atoms with Gasteiger partial charge in [0.2, 0.25) is 0 Å². The first-order valence-corrected chi connectivity index (χ1v) is 8.60. The van der Waals surface area contributed by atoms with Gasteiger partial charge < -0.3 is 10.2 Å². The molecule has 1 saturated heterocycles. The monoisotopic (exact) mass is 333 g/mol. The highest BCUT2D eigenvalue weighted by atomic mass is 19.1. The minimum absolute atomic E-state index is 0.208. The number of benzene rings is 1. The maximum Gasteiger partial charge on any atom is 0.311 e. The second-order valence-corrected chi connectivity index (χ2v) is 6.79. The van der Waals surface area contributed by atoms with E-state index in [2.05, 4.69) is 17.1 Å². The molecule has 1 aromatic rings. The fourth-order valence-electron chi connectivity index (χ4n) is 3.04. The van der Waals surface area contributed by atoms with Gasteiger partial charge >= 0.3 is 11.8 Å². The van der Waals surface area contributed by atoms with Gasteiger partial charge in [-0.2, -0.15) is 0 Å². The van der Waals surface area contributed by atoms with Crippen LogP contribution in [0.15, 0.2) is 24.3 Å². The molecule has 1 N–H and O–H groups in total. The van der Waals surface area contributed by atoms with Crippen molar-refractivity contribution in [3.63, 3.8) is 0 Å². The lowest BCUT2D eigenvalue weighted by Gasteiger charge is -2.35. The van der Waals surface area contributed by atoms with Crippen LogP contribution in [0.1, 0.15) is 31.2 Å². The summed E-state index contributed by atoms with van der Waals surface area (Å²) in [6, 6.07) is 6.82. The summed E-state index contributed by atoms with van der Waals surface area (Å²) in [5.74, 6) is -0.799. The van der Waals surface area contributed by atoms with Crippen molar-refractivity contribution in [1.82, 2.24) is 15.1 Å². The van der Waals surface area contributed by atoms with E-state index in [-0.39, 0.29) is 11.9 Å². The minimum atomic E-state index is -0.467. The molecule has 2 amide bonds. The fraction of sp³-hybridized carbons (Fsp3) is 0.556. The molecule has 24 heavy (non-hydrogen) atoms. The van der Waals surface area contributed by atoms with Crippen molar-refractivity contribution in [3.8, 4) is 0 Å². The van der Waals surface area contributed by atoms with Crippen molar-refractivity contribution < 1.29 is 14.0 Å². The third-order valence-corrected chi connectivity index (χ3v) is 4.74. The van der Waals surface area contributed by atoms with Gasteiger partial charge in [0.1, 0.15) is 5.82 Å². The molecule has 0 bridgehead atoms. The van der Waals surface area contributed by atoms with Gasteiger partial charge in [-0.25, -0.2) is 4.39 Å². The van der Waals surface area contributed by atoms with E-state index in [1.165, 1.54) is 12.1 Å². The van der Waals surface area contributed by atoms with Crippen LogP contribution >= 0.6 is 0 Å². The number of nitrogens with one attached hydrogen (secondary N) is 1. The first-order valence-electron chi connectivity index (χ1n) is 8.60. The molecule has 130 valence electrons. The predicted octanol–water partition coefficient (Wildman–Crippen LogP) is 1.35. The third-order valence-electron chi connectivity index (χ3n) is 4.74. The number of halogens is 1. The summed E-state index contributed by atoms with van der Waals surface area (Å²) in [6.07, 6.45) is 1.96. The van der Waals surface area contributed by atoms with Gasteiger partial charge in [0.25, 0.3) is 0 Å². The molecule has 1 heterocycles. The maximum atomic E-state index is 13.0. The number of nitrogens with zero attached hydrogens (tertiary/aromatic N) is 2. The topological polar surface area (TPSA) is 52.7 Å². The number of hydrogen-bond donors (Lipinski definition) is 1. The summed E-state index contributed by atoms with van der Waals surface area (Å²) < 4.78 is 13.0. The van der Waals surface area contributed by atoms with Gasteiger partial charge in [0, 0.05) is 38.8 Å². The lowest BCUT2D eigenvalue weighted by molar-refractivity contribution is -0.147. The number of carbonyl (C=O) groups is 2. The van der Waals surface area contributed by atoms with Gasteiger partial charge in [0.05, 0.1) is 0 Å². The van der Waals surface area contributed by atoms with Gasteiger partial charge in [-0.05, 0) is 36.5 Å². The van der Waals surface area contributed by atoms with E-state index in [4.69, 9.17) is 0 Å². The predicted molar refractivity (Wildman–Crippen MR) is 89.0 cm³/mol. The van der Waals surface area contributed by atoms with E-state index in [0.29, 0.717) is 19.0 Å². The normalized spacial score (nSPS) is 19.8. The Morgan fingerprint density at radius 1 is 1.17 bits per heavy atom. The average Bonchev–Trinajstić information content (AvgIpc) is 3.39. The second kappa shape index (κ2) is 7.30. The highest BCUT2D eigenvalue weighted by Crippen LogP contribution is 2.19. The van der Waals surface area contributed by atoms with Gasteiger partial charge in [-0.3, -0.25) is 14.5 Å². The van der Waals surface area contributed by atoms with Crippen LogP contribution in [0.4, 0.5) is 4.39 Å². The Labute approximate surface area is 141 Å². The standard InChI is InChI=1S/C18H24FN3O2/c1-13(14-2-4-15(19)5-3-14)12-21-8-10-22(11-9-21)18(24)17(23)20-16-6-7-16/h2-5,13,16H,6-12H2,1H3,(H,20,23)/t13-/m0/s1. The van der Waals surface area contributed by atoms with Crippen molar-refractivity contribution in [2.45, 2.75) is 31.7 Å². The van der Waals surface area contributed by atoms with Crippen LogP contribution in [-0.2, 0) is 9.59 Å². The zero-order valence-corrected chi connectivity index (χ0v) is 14.0. The number of rotatable bonds is 4. The molecule has 0 spiro atoms. The molecule has 3 rings (SSSR count).